The molecule has 7 N–H and O–H groups in total. The zero-order chi connectivity index (χ0) is 48.0. The molecule has 0 aromatic carbocycles. The minimum absolute atomic E-state index is 0.0477. The Hall–Kier alpha value is -2.16. The fraction of sp³-hybridized carbons (Fsp3) is 0.860. The number of phosphoric ester groups is 1. The predicted molar refractivity (Wildman–Crippen MR) is 256 cm³/mol. The van der Waals surface area contributed by atoms with Gasteiger partial charge in [-0.25, -0.2) is 4.57 Å². The molecule has 0 aromatic heterocycles. The molecule has 0 radical (unpaired) electrons. The highest BCUT2D eigenvalue weighted by Gasteiger charge is 2.39. The topological polar surface area (TPSA) is 232 Å². The summed E-state index contributed by atoms with van der Waals surface area (Å²) in [5, 5.41) is 40.3. The summed E-state index contributed by atoms with van der Waals surface area (Å²) in [6, 6.07) is -1.56. The quantitative estimate of drug-likeness (QED) is 0.0144. The molecule has 0 amide bonds. The Labute approximate surface area is 392 Å². The van der Waals surface area contributed by atoms with E-state index in [9.17, 15) is 39.2 Å². The molecule has 1 aliphatic rings. The van der Waals surface area contributed by atoms with Crippen LogP contribution in [0.2, 0.25) is 0 Å². The number of carboxylic acids is 1. The Bertz CT molecular complexity index is 1320. The van der Waals surface area contributed by atoms with E-state index in [0.29, 0.717) is 32.1 Å². The lowest BCUT2D eigenvalue weighted by molar-refractivity contribution is -0.161. The third kappa shape index (κ3) is 33.9. The maximum Gasteiger partial charge on any atom is 0.472 e. The first-order valence-corrected chi connectivity index (χ1v) is 27.1. The average molecular weight is 946 g/mol. The van der Waals surface area contributed by atoms with E-state index >= 15 is 0 Å². The number of aliphatic carboxylic acids is 1. The van der Waals surface area contributed by atoms with Crippen molar-refractivity contribution in [2.45, 2.75) is 243 Å². The van der Waals surface area contributed by atoms with Gasteiger partial charge < -0.3 is 40.5 Å². The van der Waals surface area contributed by atoms with Crippen LogP contribution in [0.1, 0.15) is 213 Å². The summed E-state index contributed by atoms with van der Waals surface area (Å²) in [5.41, 5.74) is 5.35. The van der Waals surface area contributed by atoms with Crippen LogP contribution in [0.3, 0.4) is 0 Å². The zero-order valence-electron chi connectivity index (χ0n) is 40.4. The molecule has 0 heterocycles. The Morgan fingerprint density at radius 1 is 0.662 bits per heavy atom. The van der Waals surface area contributed by atoms with E-state index < -0.39 is 76.0 Å². The van der Waals surface area contributed by atoms with Gasteiger partial charge >= 0.3 is 25.7 Å². The van der Waals surface area contributed by atoms with Crippen LogP contribution in [0, 0.1) is 11.8 Å². The highest BCUT2D eigenvalue weighted by molar-refractivity contribution is 7.47. The number of allylic oxidation sites excluding steroid dienone is 2. The van der Waals surface area contributed by atoms with Crippen LogP contribution in [-0.4, -0.2) is 93.5 Å². The minimum atomic E-state index is -4.78. The number of hydrogen-bond acceptors (Lipinski definition) is 12. The first-order chi connectivity index (χ1) is 31.3. The number of esters is 2. The molecular formula is C50H92NO13P. The summed E-state index contributed by atoms with van der Waals surface area (Å²) < 4.78 is 32.8. The molecule has 1 aliphatic carbocycles. The van der Waals surface area contributed by atoms with Gasteiger partial charge in [-0.05, 0) is 38.0 Å². The van der Waals surface area contributed by atoms with Gasteiger partial charge in [-0.3, -0.25) is 23.4 Å². The normalized spacial score (nSPS) is 20.0. The van der Waals surface area contributed by atoms with E-state index in [0.717, 1.165) is 38.5 Å². The largest absolute Gasteiger partial charge is 0.480 e. The number of carbonyl (C=O) groups is 3. The summed E-state index contributed by atoms with van der Waals surface area (Å²) in [5.74, 6) is -3.04. The van der Waals surface area contributed by atoms with Crippen LogP contribution in [0.15, 0.2) is 24.3 Å². The van der Waals surface area contributed by atoms with Crippen molar-refractivity contribution in [1.29, 1.82) is 0 Å². The van der Waals surface area contributed by atoms with Gasteiger partial charge in [-0.2, -0.15) is 0 Å². The molecule has 1 rings (SSSR count). The Morgan fingerprint density at radius 2 is 1.15 bits per heavy atom. The first-order valence-electron chi connectivity index (χ1n) is 25.6. The third-order valence-electron chi connectivity index (χ3n) is 12.3. The van der Waals surface area contributed by atoms with E-state index in [2.05, 4.69) is 18.4 Å². The van der Waals surface area contributed by atoms with Crippen molar-refractivity contribution in [2.24, 2.45) is 17.6 Å². The Morgan fingerprint density at radius 3 is 1.69 bits per heavy atom. The highest BCUT2D eigenvalue weighted by Crippen LogP contribution is 2.43. The van der Waals surface area contributed by atoms with Crippen molar-refractivity contribution in [2.75, 3.05) is 19.8 Å². The molecule has 380 valence electrons. The predicted octanol–water partition coefficient (Wildman–Crippen LogP) is 10.6. The van der Waals surface area contributed by atoms with Gasteiger partial charge in [0.2, 0.25) is 0 Å². The lowest BCUT2D eigenvalue weighted by atomic mass is 9.89. The smallest absolute Gasteiger partial charge is 0.472 e. The van der Waals surface area contributed by atoms with E-state index in [-0.39, 0.29) is 31.1 Å². The molecule has 8 atom stereocenters. The van der Waals surface area contributed by atoms with Gasteiger partial charge in [0.15, 0.2) is 6.10 Å². The summed E-state index contributed by atoms with van der Waals surface area (Å²) in [6.07, 6.45) is 36.2. The number of aliphatic hydroxyl groups is 3. The van der Waals surface area contributed by atoms with Crippen molar-refractivity contribution < 1.29 is 62.8 Å². The number of hydrogen-bond donors (Lipinski definition) is 6. The second kappa shape index (κ2) is 39.8. The van der Waals surface area contributed by atoms with Gasteiger partial charge in [-0.1, -0.05) is 186 Å². The zero-order valence-corrected chi connectivity index (χ0v) is 41.3. The van der Waals surface area contributed by atoms with Crippen LogP contribution in [-0.2, 0) is 37.5 Å². The molecule has 0 aromatic rings. The molecule has 14 nitrogen and oxygen atoms in total. The fourth-order valence-corrected chi connectivity index (χ4v) is 8.96. The molecular weight excluding hydrogens is 854 g/mol. The minimum Gasteiger partial charge on any atom is -0.480 e. The van der Waals surface area contributed by atoms with Gasteiger partial charge in [0, 0.05) is 25.2 Å². The van der Waals surface area contributed by atoms with Crippen molar-refractivity contribution in [3.63, 3.8) is 0 Å². The lowest BCUT2D eigenvalue weighted by Gasteiger charge is -2.20. The highest BCUT2D eigenvalue weighted by atomic mass is 31.2. The number of carbonyl (C=O) groups excluding carboxylic acids is 2. The summed E-state index contributed by atoms with van der Waals surface area (Å²) >= 11 is 0. The molecule has 0 spiro atoms. The van der Waals surface area contributed by atoms with E-state index in [1.165, 1.54) is 109 Å². The number of ether oxygens (including phenoxy) is 2. The number of rotatable bonds is 44. The molecule has 0 aliphatic heterocycles. The van der Waals surface area contributed by atoms with Crippen LogP contribution >= 0.6 is 7.82 Å². The van der Waals surface area contributed by atoms with Crippen LogP contribution in [0.5, 0.6) is 0 Å². The molecule has 0 saturated heterocycles. The molecule has 1 saturated carbocycles. The number of carboxylic acid groups (broad SMARTS) is 1. The van der Waals surface area contributed by atoms with E-state index in [1.807, 2.05) is 18.2 Å². The SMILES string of the molecule is CCCCCCCCCCCCCCCCCCCCCCCC(=O)O[C@H](COC(=O)CCC/C=C/C[C@@H]1[C@@H](/C=C/[C@@H](O)CCCCC)[C@H](O)C[C@@H]1O)COP(=O)(O)OC[C@H](N)C(=O)O. The summed E-state index contributed by atoms with van der Waals surface area (Å²) in [7, 11) is -4.78. The van der Waals surface area contributed by atoms with Crippen LogP contribution in [0.25, 0.3) is 0 Å². The number of unbranched alkanes of at least 4 members (excludes halogenated alkanes) is 23. The average Bonchev–Trinajstić information content (AvgIpc) is 3.54. The Balaban J connectivity index is 2.38. The van der Waals surface area contributed by atoms with Crippen molar-refractivity contribution in [3.05, 3.63) is 24.3 Å². The monoisotopic (exact) mass is 946 g/mol. The molecule has 0 bridgehead atoms. The van der Waals surface area contributed by atoms with Crippen LogP contribution < -0.4 is 5.73 Å². The maximum absolute atomic E-state index is 12.7. The van der Waals surface area contributed by atoms with Gasteiger partial charge in [-0.15, -0.1) is 0 Å². The molecule has 1 unspecified atom stereocenters. The molecule has 1 fully saturated rings. The van der Waals surface area contributed by atoms with Gasteiger partial charge in [0.25, 0.3) is 0 Å². The fourth-order valence-electron chi connectivity index (χ4n) is 8.18. The first kappa shape index (κ1) is 60.9. The second-order valence-electron chi connectivity index (χ2n) is 18.3. The number of nitrogens with two attached hydrogens (primary N) is 1. The van der Waals surface area contributed by atoms with Crippen LogP contribution in [0.4, 0.5) is 0 Å². The number of aliphatic hydroxyl groups excluding tert-OH is 3. The van der Waals surface area contributed by atoms with Crippen molar-refractivity contribution >= 4 is 25.7 Å². The standard InChI is InChI=1S/C50H92NO13P/c1-3-5-7-8-9-10-11-12-13-14-15-16-17-18-19-20-21-22-23-24-30-34-49(56)64-42(39-62-65(59,60)63-40-45(51)50(57)58)38-61-48(55)33-29-26-25-28-32-43-44(47(54)37-46(43)53)36-35-41(52)31-27-6-4-2/h25,28,35-36,41-47,52-54H,3-24,26-27,29-34,37-40,51H2,1-2H3,(H,57,58)(H,59,60)/b28-25+,36-35+/t41-,42+,43+,44+,45-,46-,47+/m0/s1. The van der Waals surface area contributed by atoms with Crippen molar-refractivity contribution in [3.8, 4) is 0 Å². The van der Waals surface area contributed by atoms with E-state index in [4.69, 9.17) is 24.8 Å². The second-order valence-corrected chi connectivity index (χ2v) is 19.7. The Kier molecular flexibility index (Phi) is 37.3. The van der Waals surface area contributed by atoms with E-state index in [1.54, 1.807) is 6.08 Å². The third-order valence-corrected chi connectivity index (χ3v) is 13.2. The number of phosphoric acid groups is 1. The summed E-state index contributed by atoms with van der Waals surface area (Å²) in [6.45, 7) is 2.50. The maximum atomic E-state index is 12.7. The molecule has 15 heteroatoms. The lowest BCUT2D eigenvalue weighted by Crippen LogP contribution is -2.34. The van der Waals surface area contributed by atoms with Gasteiger partial charge in [0.1, 0.15) is 12.6 Å². The molecule has 65 heavy (non-hydrogen) atoms. The summed E-state index contributed by atoms with van der Waals surface area (Å²) in [4.78, 5) is 46.4. The van der Waals surface area contributed by atoms with Gasteiger partial charge in [0.05, 0.1) is 31.5 Å². The van der Waals surface area contributed by atoms with Crippen molar-refractivity contribution in [1.82, 2.24) is 0 Å².